The van der Waals surface area contributed by atoms with Crippen molar-refractivity contribution in [1.29, 1.82) is 5.26 Å². The molecule has 7 nitrogen and oxygen atoms in total. The van der Waals surface area contributed by atoms with Gasteiger partial charge in [0.2, 0.25) is 5.88 Å². The van der Waals surface area contributed by atoms with Crippen molar-refractivity contribution in [2.45, 2.75) is 25.5 Å². The summed E-state index contributed by atoms with van der Waals surface area (Å²) in [5.74, 6) is 0.651. The van der Waals surface area contributed by atoms with E-state index in [4.69, 9.17) is 15.2 Å². The maximum Gasteiger partial charge on any atom is 0.227 e. The van der Waals surface area contributed by atoms with Gasteiger partial charge in [-0.1, -0.05) is 30.3 Å². The third-order valence-corrected chi connectivity index (χ3v) is 4.91. The van der Waals surface area contributed by atoms with Gasteiger partial charge in [0.25, 0.3) is 0 Å². The third kappa shape index (κ3) is 3.44. The lowest BCUT2D eigenvalue weighted by Crippen LogP contribution is -2.19. The average Bonchev–Trinajstić information content (AvgIpc) is 2.89. The van der Waals surface area contributed by atoms with Crippen molar-refractivity contribution < 1.29 is 9.47 Å². The molecule has 1 aliphatic heterocycles. The summed E-state index contributed by atoms with van der Waals surface area (Å²) in [7, 11) is 0. The number of fused-ring (bicyclic) bond motifs is 1. The lowest BCUT2D eigenvalue weighted by molar-refractivity contribution is 0.141. The first-order valence-electron chi connectivity index (χ1n) is 9.04. The molecule has 7 heteroatoms. The van der Waals surface area contributed by atoms with E-state index >= 15 is 0 Å². The Morgan fingerprint density at radius 2 is 2.04 bits per heavy atom. The zero-order chi connectivity index (χ0) is 18.6. The van der Waals surface area contributed by atoms with Gasteiger partial charge < -0.3 is 15.2 Å². The van der Waals surface area contributed by atoms with Crippen LogP contribution in [0.4, 0.5) is 5.82 Å². The number of ether oxygens (including phenoxy) is 2. The number of hydrogen-bond donors (Lipinski definition) is 1. The first-order valence-corrected chi connectivity index (χ1v) is 9.04. The highest BCUT2D eigenvalue weighted by molar-refractivity contribution is 5.93. The summed E-state index contributed by atoms with van der Waals surface area (Å²) < 4.78 is 13.3. The molecule has 2 aromatic heterocycles. The van der Waals surface area contributed by atoms with Crippen LogP contribution >= 0.6 is 0 Å². The highest BCUT2D eigenvalue weighted by Gasteiger charge is 2.29. The molecule has 0 unspecified atom stereocenters. The molecule has 0 saturated carbocycles. The Hall–Kier alpha value is -3.11. The van der Waals surface area contributed by atoms with Gasteiger partial charge in [-0.15, -0.1) is 0 Å². The van der Waals surface area contributed by atoms with Gasteiger partial charge in [-0.25, -0.2) is 4.98 Å². The molecule has 3 heterocycles. The topological polar surface area (TPSA) is 99.0 Å². The standard InChI is InChI=1S/C20H21N5O2/c21-12-15-7-10-26-11-8-16(15)25-17-6-9-23-20(18(17)19(22)24-25)27-13-14-4-2-1-3-5-14/h1-6,9,15-16H,7-8,10-11,13H2,(H2,22,24)/t15-,16+/m1/s1. The van der Waals surface area contributed by atoms with Gasteiger partial charge in [-0.2, -0.15) is 10.4 Å². The highest BCUT2D eigenvalue weighted by Crippen LogP contribution is 2.35. The Bertz CT molecular complexity index is 964. The summed E-state index contributed by atoms with van der Waals surface area (Å²) in [5.41, 5.74) is 8.09. The van der Waals surface area contributed by atoms with Crippen molar-refractivity contribution in [2.75, 3.05) is 18.9 Å². The van der Waals surface area contributed by atoms with Gasteiger partial charge in [0.05, 0.1) is 23.5 Å². The summed E-state index contributed by atoms with van der Waals surface area (Å²) >= 11 is 0. The number of nitrogen functional groups attached to an aromatic ring is 1. The molecule has 2 atom stereocenters. The molecule has 1 aromatic carbocycles. The first-order chi connectivity index (χ1) is 13.3. The summed E-state index contributed by atoms with van der Waals surface area (Å²) in [6.45, 7) is 1.60. The van der Waals surface area contributed by atoms with E-state index < -0.39 is 0 Å². The molecule has 2 N–H and O–H groups in total. The van der Waals surface area contributed by atoms with E-state index in [1.165, 1.54) is 0 Å². The Kier molecular flexibility index (Phi) is 4.90. The molecule has 1 fully saturated rings. The van der Waals surface area contributed by atoms with Crippen molar-refractivity contribution in [1.82, 2.24) is 14.8 Å². The number of hydrogen-bond acceptors (Lipinski definition) is 6. The molecule has 27 heavy (non-hydrogen) atoms. The zero-order valence-corrected chi connectivity index (χ0v) is 14.9. The molecule has 1 aliphatic rings. The minimum absolute atomic E-state index is 0.0818. The van der Waals surface area contributed by atoms with Crippen molar-refractivity contribution in [3.63, 3.8) is 0 Å². The number of pyridine rings is 1. The predicted octanol–water partition coefficient (Wildman–Crippen LogP) is 3.08. The molecule has 3 aromatic rings. The lowest BCUT2D eigenvalue weighted by atomic mass is 9.96. The van der Waals surface area contributed by atoms with E-state index in [2.05, 4.69) is 16.2 Å². The molecule has 0 radical (unpaired) electrons. The molecule has 1 saturated heterocycles. The molecular weight excluding hydrogens is 342 g/mol. The molecule has 138 valence electrons. The summed E-state index contributed by atoms with van der Waals surface area (Å²) in [4.78, 5) is 4.35. The summed E-state index contributed by atoms with van der Waals surface area (Å²) in [6.07, 6.45) is 3.09. The van der Waals surface area contributed by atoms with E-state index in [1.807, 2.05) is 41.1 Å². The Morgan fingerprint density at radius 3 is 2.85 bits per heavy atom. The fourth-order valence-corrected chi connectivity index (χ4v) is 3.53. The smallest absolute Gasteiger partial charge is 0.227 e. The summed E-state index contributed by atoms with van der Waals surface area (Å²) in [5, 5.41) is 14.8. The van der Waals surface area contributed by atoms with Crippen LogP contribution < -0.4 is 10.5 Å². The minimum atomic E-state index is -0.170. The van der Waals surface area contributed by atoms with Crippen LogP contribution in [0.25, 0.3) is 10.9 Å². The van der Waals surface area contributed by atoms with Gasteiger partial charge in [0.1, 0.15) is 12.0 Å². The second-order valence-electron chi connectivity index (χ2n) is 6.61. The van der Waals surface area contributed by atoms with E-state index in [0.717, 1.165) is 17.5 Å². The van der Waals surface area contributed by atoms with Gasteiger partial charge >= 0.3 is 0 Å². The molecular formula is C20H21N5O2. The van der Waals surface area contributed by atoms with Crippen LogP contribution in [0.15, 0.2) is 42.6 Å². The lowest BCUT2D eigenvalue weighted by Gasteiger charge is -2.20. The Balaban J connectivity index is 1.69. The molecule has 0 spiro atoms. The second-order valence-corrected chi connectivity index (χ2v) is 6.61. The van der Waals surface area contributed by atoms with Crippen LogP contribution in [0.1, 0.15) is 24.4 Å². The first kappa shape index (κ1) is 17.3. The van der Waals surface area contributed by atoms with Crippen LogP contribution in [-0.4, -0.2) is 28.0 Å². The number of aromatic nitrogens is 3. The van der Waals surface area contributed by atoms with Crippen molar-refractivity contribution in [3.8, 4) is 11.9 Å². The van der Waals surface area contributed by atoms with E-state index in [9.17, 15) is 5.26 Å². The van der Waals surface area contributed by atoms with Crippen molar-refractivity contribution >= 4 is 16.7 Å². The van der Waals surface area contributed by atoms with E-state index in [0.29, 0.717) is 43.3 Å². The molecule has 0 aliphatic carbocycles. The largest absolute Gasteiger partial charge is 0.472 e. The number of nitrogens with zero attached hydrogens (tertiary/aromatic N) is 4. The van der Waals surface area contributed by atoms with Gasteiger partial charge in [0, 0.05) is 19.4 Å². The SMILES string of the molecule is N#C[C@H]1CCOCC[C@@H]1n1nc(N)c2c(OCc3ccccc3)nccc21. The number of nitrogens with two attached hydrogens (primary N) is 1. The quantitative estimate of drug-likeness (QED) is 0.765. The predicted molar refractivity (Wildman–Crippen MR) is 101 cm³/mol. The third-order valence-electron chi connectivity index (χ3n) is 4.91. The van der Waals surface area contributed by atoms with Crippen LogP contribution in [0.2, 0.25) is 0 Å². The van der Waals surface area contributed by atoms with Crippen molar-refractivity contribution in [2.24, 2.45) is 5.92 Å². The van der Waals surface area contributed by atoms with E-state index in [-0.39, 0.29) is 12.0 Å². The molecule has 4 rings (SSSR count). The van der Waals surface area contributed by atoms with Gasteiger partial charge in [0.15, 0.2) is 5.82 Å². The van der Waals surface area contributed by atoms with Gasteiger partial charge in [-0.05, 0) is 24.5 Å². The molecule has 0 bridgehead atoms. The normalized spacial score (nSPS) is 20.1. The number of nitriles is 1. The van der Waals surface area contributed by atoms with Crippen LogP contribution in [-0.2, 0) is 11.3 Å². The maximum atomic E-state index is 9.58. The monoisotopic (exact) mass is 363 g/mol. The van der Waals surface area contributed by atoms with Crippen LogP contribution in [0.5, 0.6) is 5.88 Å². The maximum absolute atomic E-state index is 9.58. The van der Waals surface area contributed by atoms with Gasteiger partial charge in [-0.3, -0.25) is 4.68 Å². The second kappa shape index (κ2) is 7.64. The number of rotatable bonds is 4. The fourth-order valence-electron chi connectivity index (χ4n) is 3.53. The van der Waals surface area contributed by atoms with Crippen molar-refractivity contribution in [3.05, 3.63) is 48.2 Å². The van der Waals surface area contributed by atoms with E-state index in [1.54, 1.807) is 6.20 Å². The minimum Gasteiger partial charge on any atom is -0.472 e. The Labute approximate surface area is 157 Å². The fraction of sp³-hybridized carbons (Fsp3) is 0.350. The average molecular weight is 363 g/mol. The molecule has 0 amide bonds. The highest BCUT2D eigenvalue weighted by atomic mass is 16.5. The van der Waals surface area contributed by atoms with Crippen LogP contribution in [0, 0.1) is 17.2 Å². The zero-order valence-electron chi connectivity index (χ0n) is 14.9. The summed E-state index contributed by atoms with van der Waals surface area (Å²) in [6, 6.07) is 14.1. The Morgan fingerprint density at radius 1 is 1.22 bits per heavy atom. The van der Waals surface area contributed by atoms with Crippen LogP contribution in [0.3, 0.4) is 0 Å². The number of anilines is 1. The number of benzene rings is 1.